The van der Waals surface area contributed by atoms with Crippen molar-refractivity contribution >= 4 is 74.7 Å². The summed E-state index contributed by atoms with van der Waals surface area (Å²) in [5.41, 5.74) is 0. The molecule has 0 heterocycles. The fourth-order valence-corrected chi connectivity index (χ4v) is 19.5. The average Bonchev–Trinajstić information content (AvgIpc) is 2.84. The van der Waals surface area contributed by atoms with Gasteiger partial charge in [0.05, 0.1) is 0 Å². The molecule has 0 aliphatic heterocycles. The zero-order valence-corrected chi connectivity index (χ0v) is 21.6. The zero-order valence-electron chi connectivity index (χ0n) is 16.3. The van der Waals surface area contributed by atoms with Crippen molar-refractivity contribution in [2.45, 2.75) is 4.30 Å². The van der Waals surface area contributed by atoms with Crippen molar-refractivity contribution in [3.63, 3.8) is 0 Å². The molecule has 5 heteroatoms. The molecule has 0 saturated carbocycles. The number of thiol groups is 2. The van der Waals surface area contributed by atoms with Crippen LogP contribution in [0.1, 0.15) is 0 Å². The Kier molecular flexibility index (Phi) is 7.11. The summed E-state index contributed by atoms with van der Waals surface area (Å²) in [6.45, 7) is -4.21. The standard InChI is InChI=1S/C25H23P2S2Se/c28-26(21-13-5-1-6-14-21,22-15-7-2-8-16-22)25(30)27(29,23-17-9-3-10-18-23)24-19-11-4-12-20-24/h1-20,25,28-29H/q+2. The predicted octanol–water partition coefficient (Wildman–Crippen LogP) is 5.47. The fourth-order valence-electron chi connectivity index (χ4n) is 3.67. The summed E-state index contributed by atoms with van der Waals surface area (Å²) in [5, 5.41) is 5.09. The maximum absolute atomic E-state index is 5.55. The van der Waals surface area contributed by atoms with Crippen molar-refractivity contribution in [2.75, 3.05) is 0 Å². The van der Waals surface area contributed by atoms with Crippen LogP contribution in [0, 0.1) is 0 Å². The van der Waals surface area contributed by atoms with E-state index in [4.69, 9.17) is 24.5 Å². The molecule has 0 aliphatic carbocycles. The van der Waals surface area contributed by atoms with E-state index >= 15 is 0 Å². The Balaban J connectivity index is 1.98. The van der Waals surface area contributed by atoms with Crippen LogP contribution in [0.4, 0.5) is 0 Å². The van der Waals surface area contributed by atoms with Crippen molar-refractivity contribution in [3.8, 4) is 0 Å². The molecule has 149 valence electrons. The van der Waals surface area contributed by atoms with Gasteiger partial charge in [-0.3, -0.25) is 0 Å². The normalized spacial score (nSPS) is 12.1. The van der Waals surface area contributed by atoms with E-state index in [2.05, 4.69) is 137 Å². The van der Waals surface area contributed by atoms with Crippen molar-refractivity contribution in [3.05, 3.63) is 121 Å². The Morgan fingerprint density at radius 2 is 0.633 bits per heavy atom. The summed E-state index contributed by atoms with van der Waals surface area (Å²) in [6, 6.07) is 42.9. The van der Waals surface area contributed by atoms with Crippen LogP contribution in [-0.4, -0.2) is 20.3 Å². The van der Waals surface area contributed by atoms with Crippen molar-refractivity contribution in [1.82, 2.24) is 0 Å². The second kappa shape index (κ2) is 9.62. The van der Waals surface area contributed by atoms with Crippen LogP contribution in [0.2, 0.25) is 0 Å². The summed E-state index contributed by atoms with van der Waals surface area (Å²) < 4.78 is 0.117. The molecule has 0 saturated heterocycles. The van der Waals surface area contributed by atoms with Crippen molar-refractivity contribution in [1.29, 1.82) is 0 Å². The third-order valence-electron chi connectivity index (χ3n) is 5.24. The molecular weight excluding hydrogens is 505 g/mol. The van der Waals surface area contributed by atoms with Gasteiger partial charge in [-0.05, 0) is 0 Å². The van der Waals surface area contributed by atoms with Crippen molar-refractivity contribution < 1.29 is 0 Å². The molecule has 0 amide bonds. The predicted molar refractivity (Wildman–Crippen MR) is 146 cm³/mol. The molecule has 0 aromatic heterocycles. The molecule has 1 radical (unpaired) electrons. The van der Waals surface area contributed by atoms with E-state index in [-0.39, 0.29) is 4.30 Å². The van der Waals surface area contributed by atoms with Gasteiger partial charge in [-0.1, -0.05) is 0 Å². The van der Waals surface area contributed by atoms with Crippen LogP contribution < -0.4 is 21.2 Å². The molecule has 0 unspecified atom stereocenters. The minimum atomic E-state index is -2.11. The first-order valence-electron chi connectivity index (χ1n) is 9.69. The quantitative estimate of drug-likeness (QED) is 0.185. The van der Waals surface area contributed by atoms with Crippen LogP contribution >= 0.6 is 37.4 Å². The van der Waals surface area contributed by atoms with Gasteiger partial charge in [0.1, 0.15) is 0 Å². The Bertz CT molecular complexity index is 909. The molecular formula is C25H23P2S2Se+2. The third-order valence-corrected chi connectivity index (χ3v) is 24.3. The van der Waals surface area contributed by atoms with Crippen LogP contribution in [0.5, 0.6) is 0 Å². The number of benzene rings is 4. The molecule has 0 aliphatic rings. The molecule has 0 spiro atoms. The first-order valence-corrected chi connectivity index (χ1v) is 16.7. The van der Waals surface area contributed by atoms with Gasteiger partial charge in [-0.25, -0.2) is 0 Å². The summed E-state index contributed by atoms with van der Waals surface area (Å²) in [7, 11) is 0. The molecule has 0 nitrogen and oxygen atoms in total. The van der Waals surface area contributed by atoms with Crippen molar-refractivity contribution in [2.24, 2.45) is 0 Å². The van der Waals surface area contributed by atoms with Gasteiger partial charge in [0, 0.05) is 0 Å². The first kappa shape index (κ1) is 22.2. The number of rotatable bonds is 6. The summed E-state index contributed by atoms with van der Waals surface area (Å²) in [5.74, 6) is 0. The van der Waals surface area contributed by atoms with Gasteiger partial charge >= 0.3 is 200 Å². The molecule has 4 aromatic carbocycles. The zero-order chi connectivity index (χ0) is 21.0. The van der Waals surface area contributed by atoms with Gasteiger partial charge in [-0.15, -0.1) is 0 Å². The Labute approximate surface area is 199 Å². The Hall–Kier alpha value is -1.04. The van der Waals surface area contributed by atoms with Gasteiger partial charge in [0.25, 0.3) is 0 Å². The van der Waals surface area contributed by atoms with Crippen LogP contribution in [0.25, 0.3) is 0 Å². The van der Waals surface area contributed by atoms with Gasteiger partial charge < -0.3 is 0 Å². The first-order chi connectivity index (χ1) is 14.6. The minimum absolute atomic E-state index is 0.117. The van der Waals surface area contributed by atoms with E-state index in [0.29, 0.717) is 0 Å². The molecule has 4 rings (SSSR count). The third kappa shape index (κ3) is 4.05. The molecule has 0 atom stereocenters. The summed E-state index contributed by atoms with van der Waals surface area (Å²) in [4.78, 5) is 0. The molecule has 0 fully saturated rings. The number of hydrogen-bond acceptors (Lipinski definition) is 2. The molecule has 4 aromatic rings. The SMILES string of the molecule is S[P+](c1ccccc1)(c1ccccc1)C([Se])[P+](S)(c1ccccc1)c1ccccc1. The van der Waals surface area contributed by atoms with Gasteiger partial charge in [0.15, 0.2) is 0 Å². The molecule has 0 bridgehead atoms. The fraction of sp³-hybridized carbons (Fsp3) is 0.0400. The number of hydrogen-bond donors (Lipinski definition) is 2. The van der Waals surface area contributed by atoms with E-state index in [1.54, 1.807) is 0 Å². The Morgan fingerprint density at radius 3 is 0.833 bits per heavy atom. The monoisotopic (exact) mass is 529 g/mol. The average molecular weight is 529 g/mol. The topological polar surface area (TPSA) is 0 Å². The maximum atomic E-state index is 5.55. The molecule has 0 N–H and O–H groups in total. The van der Waals surface area contributed by atoms with E-state index in [0.717, 1.165) is 0 Å². The second-order valence-electron chi connectivity index (χ2n) is 7.04. The Morgan fingerprint density at radius 1 is 0.433 bits per heavy atom. The summed E-state index contributed by atoms with van der Waals surface area (Å²) in [6.07, 6.45) is 0. The van der Waals surface area contributed by atoms with E-state index < -0.39 is 12.9 Å². The van der Waals surface area contributed by atoms with Crippen LogP contribution in [0.15, 0.2) is 121 Å². The molecule has 30 heavy (non-hydrogen) atoms. The van der Waals surface area contributed by atoms with Gasteiger partial charge in [-0.2, -0.15) is 0 Å². The van der Waals surface area contributed by atoms with Crippen LogP contribution in [-0.2, 0) is 0 Å². The van der Waals surface area contributed by atoms with E-state index in [1.165, 1.54) is 21.2 Å². The van der Waals surface area contributed by atoms with Gasteiger partial charge in [0.2, 0.25) is 0 Å². The van der Waals surface area contributed by atoms with Crippen LogP contribution in [0.3, 0.4) is 0 Å². The van der Waals surface area contributed by atoms with E-state index in [1.807, 2.05) is 0 Å². The second-order valence-corrected chi connectivity index (χ2v) is 19.6. The van der Waals surface area contributed by atoms with E-state index in [9.17, 15) is 0 Å². The summed E-state index contributed by atoms with van der Waals surface area (Å²) >= 11 is 14.7.